The first kappa shape index (κ1) is 35.6. The molecule has 0 aliphatic rings. The lowest BCUT2D eigenvalue weighted by atomic mass is 9.94. The van der Waals surface area contributed by atoms with Crippen LogP contribution in [0.15, 0.2) is 36.4 Å². The van der Waals surface area contributed by atoms with E-state index in [4.69, 9.17) is 0 Å². The molecule has 0 unspecified atom stereocenters. The Bertz CT molecular complexity index is 1470. The van der Waals surface area contributed by atoms with Gasteiger partial charge >= 0.3 is 0 Å². The molecule has 4 heteroatoms. The van der Waals surface area contributed by atoms with Gasteiger partial charge in [0.25, 0.3) is 0 Å². The van der Waals surface area contributed by atoms with E-state index in [1.165, 1.54) is 0 Å². The average molecular weight is 659 g/mol. The Hall–Kier alpha value is -1.21. The molecule has 0 amide bonds. The van der Waals surface area contributed by atoms with Gasteiger partial charge in [-0.05, 0) is 52.5 Å². The highest BCUT2D eigenvalue weighted by molar-refractivity contribution is 6.98. The highest BCUT2D eigenvalue weighted by Crippen LogP contribution is 2.45. The van der Waals surface area contributed by atoms with E-state index in [1.54, 1.807) is 53.1 Å². The molecule has 0 aromatic heterocycles. The highest BCUT2D eigenvalue weighted by atomic mass is 28.3. The van der Waals surface area contributed by atoms with E-state index in [9.17, 15) is 0 Å². The average Bonchev–Trinajstić information content (AvgIpc) is 2.83. The summed E-state index contributed by atoms with van der Waals surface area (Å²) in [5.74, 6) is 0. The zero-order valence-corrected chi connectivity index (χ0v) is 36.5. The van der Waals surface area contributed by atoms with Crippen LogP contribution in [-0.4, -0.2) is 32.3 Å². The van der Waals surface area contributed by atoms with Crippen molar-refractivity contribution in [2.45, 2.75) is 156 Å². The summed E-state index contributed by atoms with van der Waals surface area (Å²) >= 11 is 0. The highest BCUT2D eigenvalue weighted by Gasteiger charge is 2.45. The van der Waals surface area contributed by atoms with Crippen molar-refractivity contribution in [3.05, 3.63) is 36.4 Å². The number of hydrogen-bond donors (Lipinski definition) is 0. The maximum atomic E-state index is 2.75. The van der Waals surface area contributed by atoms with Gasteiger partial charge in [-0.2, -0.15) is 0 Å². The quantitative estimate of drug-likeness (QED) is 0.151. The molecule has 0 aliphatic carbocycles. The van der Waals surface area contributed by atoms with Gasteiger partial charge in [0.1, 0.15) is 0 Å². The molecule has 4 aromatic carbocycles. The molecule has 44 heavy (non-hydrogen) atoms. The molecule has 0 radical (unpaired) electrons. The second-order valence-corrected chi connectivity index (χ2v) is 41.7. The summed E-state index contributed by atoms with van der Waals surface area (Å²) in [5, 5.41) is 17.1. The third kappa shape index (κ3) is 5.08. The second kappa shape index (κ2) is 10.1. The fourth-order valence-electron chi connectivity index (χ4n) is 6.68. The van der Waals surface area contributed by atoms with E-state index in [1.807, 2.05) is 0 Å². The Morgan fingerprint density at radius 1 is 0.318 bits per heavy atom. The lowest BCUT2D eigenvalue weighted by Gasteiger charge is -2.43. The van der Waals surface area contributed by atoms with E-state index >= 15 is 0 Å². The Balaban J connectivity index is 2.44. The SMILES string of the molecule is CC(C)(C)[Si](C)(C)c1cc([Si](C)(C)C(C)(C)C)c2ccc3c([Si](C)(C)C(C)(C)C)cc([Si](C)(C)C(C)(C)C)c4ccc1c2c43. The normalized spacial score (nSPS) is 15.3. The van der Waals surface area contributed by atoms with Crippen molar-refractivity contribution in [3.8, 4) is 0 Å². The van der Waals surface area contributed by atoms with Gasteiger partial charge in [-0.3, -0.25) is 0 Å². The van der Waals surface area contributed by atoms with Crippen molar-refractivity contribution in [2.75, 3.05) is 0 Å². The summed E-state index contributed by atoms with van der Waals surface area (Å²) in [7, 11) is -7.45. The lowest BCUT2D eigenvalue weighted by molar-refractivity contribution is 0.728. The number of hydrogen-bond acceptors (Lipinski definition) is 0. The van der Waals surface area contributed by atoms with Crippen LogP contribution in [0.2, 0.25) is 72.5 Å². The van der Waals surface area contributed by atoms with E-state index < -0.39 is 32.3 Å². The summed E-state index contributed by atoms with van der Waals surface area (Å²) in [4.78, 5) is 0. The molecule has 0 heterocycles. The maximum Gasteiger partial charge on any atom is 0.0867 e. The zero-order valence-electron chi connectivity index (χ0n) is 32.5. The maximum absolute atomic E-state index is 2.75. The van der Waals surface area contributed by atoms with Gasteiger partial charge in [-0.1, -0.05) is 193 Å². The van der Waals surface area contributed by atoms with Crippen LogP contribution in [-0.2, 0) is 0 Å². The molecule has 0 nitrogen and oxygen atoms in total. The minimum absolute atomic E-state index is 0.263. The van der Waals surface area contributed by atoms with Crippen LogP contribution in [0, 0.1) is 0 Å². The van der Waals surface area contributed by atoms with Gasteiger partial charge in [0.05, 0.1) is 32.3 Å². The molecule has 0 spiro atoms. The topological polar surface area (TPSA) is 0 Å². The summed E-state index contributed by atoms with van der Waals surface area (Å²) in [6.07, 6.45) is 0. The molecule has 242 valence electrons. The van der Waals surface area contributed by atoms with Gasteiger partial charge in [0, 0.05) is 0 Å². The van der Waals surface area contributed by atoms with Gasteiger partial charge in [-0.15, -0.1) is 0 Å². The van der Waals surface area contributed by atoms with Crippen molar-refractivity contribution < 1.29 is 0 Å². The fraction of sp³-hybridized carbons (Fsp3) is 0.600. The Labute approximate surface area is 276 Å². The standard InChI is InChI=1S/C40H66Si4/c1-37(2,3)41(13,14)31-25-32(42(15,16)38(4,5)6)28-23-24-30-34(44(19,20)40(10,11)12)26-33(43(17,18)39(7,8)9)29-22-21-27(31)35(28)36(29)30/h21-26H,1-20H3. The molecule has 4 rings (SSSR count). The van der Waals surface area contributed by atoms with Crippen molar-refractivity contribution in [2.24, 2.45) is 0 Å². The predicted molar refractivity (Wildman–Crippen MR) is 217 cm³/mol. The first-order valence-electron chi connectivity index (χ1n) is 17.2. The molecule has 0 atom stereocenters. The first-order chi connectivity index (χ1) is 19.4. The van der Waals surface area contributed by atoms with Crippen molar-refractivity contribution in [1.29, 1.82) is 0 Å². The van der Waals surface area contributed by atoms with Crippen molar-refractivity contribution >= 4 is 85.4 Å². The second-order valence-electron chi connectivity index (χ2n) is 20.5. The smallest absolute Gasteiger partial charge is 0.0650 e. The van der Waals surface area contributed by atoms with Crippen molar-refractivity contribution in [3.63, 3.8) is 0 Å². The minimum atomic E-state index is -1.86. The summed E-state index contributed by atoms with van der Waals surface area (Å²) in [6.45, 7) is 51.0. The van der Waals surface area contributed by atoms with Crippen LogP contribution in [0.5, 0.6) is 0 Å². The van der Waals surface area contributed by atoms with Crippen LogP contribution in [0.4, 0.5) is 0 Å². The van der Waals surface area contributed by atoms with Crippen LogP contribution in [0.1, 0.15) is 83.1 Å². The number of rotatable bonds is 4. The van der Waals surface area contributed by atoms with E-state index in [-0.39, 0.29) is 20.2 Å². The monoisotopic (exact) mass is 658 g/mol. The van der Waals surface area contributed by atoms with Crippen LogP contribution in [0.25, 0.3) is 32.3 Å². The van der Waals surface area contributed by atoms with E-state index in [2.05, 4.69) is 172 Å². The van der Waals surface area contributed by atoms with Crippen molar-refractivity contribution in [1.82, 2.24) is 0 Å². The summed E-state index contributed by atoms with van der Waals surface area (Å²) in [5.41, 5.74) is 0. The minimum Gasteiger partial charge on any atom is -0.0650 e. The van der Waals surface area contributed by atoms with E-state index in [0.717, 1.165) is 0 Å². The van der Waals surface area contributed by atoms with Crippen LogP contribution in [0.3, 0.4) is 0 Å². The van der Waals surface area contributed by atoms with Gasteiger partial charge < -0.3 is 0 Å². The molecular weight excluding hydrogens is 593 g/mol. The fourth-order valence-corrected chi connectivity index (χ4v) is 15.7. The lowest BCUT2D eigenvalue weighted by Crippen LogP contribution is -2.56. The third-order valence-electron chi connectivity index (χ3n) is 14.1. The third-order valence-corrected chi connectivity index (χ3v) is 36.1. The molecule has 0 aliphatic heterocycles. The summed E-state index contributed by atoms with van der Waals surface area (Å²) in [6, 6.07) is 15.8. The molecule has 4 aromatic rings. The Morgan fingerprint density at radius 2 is 0.477 bits per heavy atom. The Kier molecular flexibility index (Phi) is 8.22. The molecule has 0 fully saturated rings. The molecule has 0 N–H and O–H groups in total. The van der Waals surface area contributed by atoms with Gasteiger partial charge in [-0.25, -0.2) is 0 Å². The van der Waals surface area contributed by atoms with E-state index in [0.29, 0.717) is 0 Å². The van der Waals surface area contributed by atoms with Crippen LogP contribution >= 0.6 is 0 Å². The predicted octanol–water partition coefficient (Wildman–Crippen LogP) is 11.4. The summed E-state index contributed by atoms with van der Waals surface area (Å²) < 4.78 is 0. The number of benzene rings is 4. The molecule has 0 saturated carbocycles. The van der Waals surface area contributed by atoms with Gasteiger partial charge in [0.2, 0.25) is 0 Å². The van der Waals surface area contributed by atoms with Crippen LogP contribution < -0.4 is 20.7 Å². The zero-order chi connectivity index (χ0) is 34.0. The Morgan fingerprint density at radius 3 is 0.614 bits per heavy atom. The molecular formula is C40H66Si4. The largest absolute Gasteiger partial charge is 0.0867 e. The first-order valence-corrected chi connectivity index (χ1v) is 29.2. The molecule has 0 saturated heterocycles. The van der Waals surface area contributed by atoms with Gasteiger partial charge in [0.15, 0.2) is 0 Å². The molecule has 0 bridgehead atoms.